The molecule has 7 nitrogen and oxygen atoms in total. The number of hydrogen-bond acceptors (Lipinski definition) is 4. The van der Waals surface area contributed by atoms with Crippen LogP contribution < -0.4 is 11.1 Å². The molecule has 1 aromatic heterocycles. The number of nitrogens with two attached hydrogens (primary N) is 1. The molecule has 8 heteroatoms. The summed E-state index contributed by atoms with van der Waals surface area (Å²) in [6, 6.07) is 0. The third-order valence-corrected chi connectivity index (χ3v) is 3.07. The highest BCUT2D eigenvalue weighted by Crippen LogP contribution is 2.21. The number of ether oxygens (including phenoxy) is 1. The number of carbonyl (C=O) groups excluding carboxylic acids is 2. The van der Waals surface area contributed by atoms with Crippen molar-refractivity contribution in [3.05, 3.63) is 29.9 Å². The molecule has 0 radical (unpaired) electrons. The number of hydrogen-bond donors (Lipinski definition) is 2. The highest BCUT2D eigenvalue weighted by Gasteiger charge is 2.22. The number of aromatic nitrogens is 2. The van der Waals surface area contributed by atoms with E-state index in [0.29, 0.717) is 30.3 Å². The Bertz CT molecular complexity index is 566. The normalized spacial score (nSPS) is 12.1. The second-order valence-corrected chi connectivity index (χ2v) is 5.45. The molecule has 2 amide bonds. The van der Waals surface area contributed by atoms with Gasteiger partial charge in [-0.2, -0.15) is 5.10 Å². The molecular weight excluding hydrogens is 291 g/mol. The fraction of sp³-hybridized carbons (Fsp3) is 0.500. The summed E-state index contributed by atoms with van der Waals surface area (Å²) in [7, 11) is 1.52. The van der Waals surface area contributed by atoms with Crippen LogP contribution in [0, 0.1) is 0 Å². The smallest absolute Gasteiger partial charge is 0.405 e. The summed E-state index contributed by atoms with van der Waals surface area (Å²) in [5.74, 6) is -0.256. The van der Waals surface area contributed by atoms with Crippen molar-refractivity contribution in [3.63, 3.8) is 0 Å². The van der Waals surface area contributed by atoms with Crippen molar-refractivity contribution in [2.75, 3.05) is 7.05 Å². The Morgan fingerprint density at radius 2 is 2.23 bits per heavy atom. The largest absolute Gasteiger partial charge is 0.444 e. The summed E-state index contributed by atoms with van der Waals surface area (Å²) >= 11 is 0. The highest BCUT2D eigenvalue weighted by molar-refractivity contribution is 5.93. The average molecular weight is 312 g/mol. The van der Waals surface area contributed by atoms with Gasteiger partial charge in [0, 0.05) is 13.2 Å². The van der Waals surface area contributed by atoms with Gasteiger partial charge in [-0.05, 0) is 32.3 Å². The Balaban J connectivity index is 2.61. The van der Waals surface area contributed by atoms with Gasteiger partial charge in [-0.25, -0.2) is 9.18 Å². The van der Waals surface area contributed by atoms with E-state index in [9.17, 15) is 14.0 Å². The van der Waals surface area contributed by atoms with Crippen LogP contribution in [-0.2, 0) is 11.3 Å². The van der Waals surface area contributed by atoms with E-state index in [4.69, 9.17) is 10.5 Å². The number of halogens is 1. The fourth-order valence-corrected chi connectivity index (χ4v) is 1.87. The second kappa shape index (κ2) is 7.58. The molecule has 0 atom stereocenters. The minimum absolute atomic E-state index is 0.208. The molecule has 22 heavy (non-hydrogen) atoms. The first-order valence-corrected chi connectivity index (χ1v) is 6.78. The van der Waals surface area contributed by atoms with Gasteiger partial charge in [0.1, 0.15) is 5.60 Å². The minimum Gasteiger partial charge on any atom is -0.444 e. The lowest BCUT2D eigenvalue weighted by Crippen LogP contribution is -2.31. The molecule has 1 heterocycles. The van der Waals surface area contributed by atoms with Crippen LogP contribution in [0.4, 0.5) is 9.18 Å². The van der Waals surface area contributed by atoms with Gasteiger partial charge in [0.05, 0.1) is 24.6 Å². The molecule has 1 rings (SSSR count). The van der Waals surface area contributed by atoms with Crippen LogP contribution in [0.15, 0.2) is 24.3 Å². The molecule has 0 bridgehead atoms. The summed E-state index contributed by atoms with van der Waals surface area (Å²) in [6.07, 6.45) is 3.36. The summed E-state index contributed by atoms with van der Waals surface area (Å²) in [5.41, 5.74) is 5.07. The van der Waals surface area contributed by atoms with Crippen molar-refractivity contribution < 1.29 is 18.7 Å². The van der Waals surface area contributed by atoms with Crippen molar-refractivity contribution in [1.29, 1.82) is 0 Å². The molecule has 0 saturated carbocycles. The van der Waals surface area contributed by atoms with E-state index in [0.717, 1.165) is 0 Å². The third kappa shape index (κ3) is 5.55. The number of rotatable bonds is 7. The maximum absolute atomic E-state index is 13.0. The fourth-order valence-electron chi connectivity index (χ4n) is 1.87. The van der Waals surface area contributed by atoms with Crippen molar-refractivity contribution in [1.82, 2.24) is 15.1 Å². The Kier molecular flexibility index (Phi) is 6.09. The second-order valence-electron chi connectivity index (χ2n) is 5.45. The summed E-state index contributed by atoms with van der Waals surface area (Å²) in [6.45, 7) is 3.61. The maximum Gasteiger partial charge on any atom is 0.405 e. The van der Waals surface area contributed by atoms with Crippen LogP contribution in [0.1, 0.15) is 37.0 Å². The molecule has 0 spiro atoms. The van der Waals surface area contributed by atoms with Gasteiger partial charge in [0.15, 0.2) is 0 Å². The van der Waals surface area contributed by atoms with E-state index in [1.165, 1.54) is 24.1 Å². The van der Waals surface area contributed by atoms with Crippen LogP contribution in [0.5, 0.6) is 0 Å². The molecule has 0 fully saturated rings. The zero-order valence-corrected chi connectivity index (χ0v) is 12.9. The predicted molar refractivity (Wildman–Crippen MR) is 78.8 cm³/mol. The van der Waals surface area contributed by atoms with Gasteiger partial charge in [-0.1, -0.05) is 0 Å². The Morgan fingerprint density at radius 3 is 2.77 bits per heavy atom. The molecule has 0 saturated heterocycles. The van der Waals surface area contributed by atoms with Gasteiger partial charge in [0.2, 0.25) is 0 Å². The minimum atomic E-state index is -0.863. The first kappa shape index (κ1) is 17.7. The first-order chi connectivity index (χ1) is 10.3. The molecule has 0 unspecified atom stereocenters. The monoisotopic (exact) mass is 312 g/mol. The van der Waals surface area contributed by atoms with Crippen molar-refractivity contribution >= 4 is 12.0 Å². The molecule has 0 aliphatic heterocycles. The first-order valence-electron chi connectivity index (χ1n) is 6.78. The van der Waals surface area contributed by atoms with Gasteiger partial charge >= 0.3 is 6.09 Å². The van der Waals surface area contributed by atoms with Crippen LogP contribution in [0.3, 0.4) is 0 Å². The molecule has 1 aromatic rings. The molecule has 0 aliphatic rings. The van der Waals surface area contributed by atoms with Crippen molar-refractivity contribution in [3.8, 4) is 0 Å². The van der Waals surface area contributed by atoms with Crippen LogP contribution in [-0.4, -0.2) is 34.4 Å². The molecular formula is C14H21FN4O3. The number of allylic oxidation sites excluding steroid dienone is 1. The van der Waals surface area contributed by atoms with E-state index in [2.05, 4.69) is 10.4 Å². The van der Waals surface area contributed by atoms with Crippen molar-refractivity contribution in [2.45, 2.75) is 38.8 Å². The number of amides is 2. The lowest BCUT2D eigenvalue weighted by Gasteiger charge is -2.24. The molecule has 3 N–H and O–H groups in total. The lowest BCUT2D eigenvalue weighted by molar-refractivity contribution is 0.0391. The van der Waals surface area contributed by atoms with Gasteiger partial charge in [-0.3, -0.25) is 9.48 Å². The Labute approximate surface area is 128 Å². The van der Waals surface area contributed by atoms with Crippen molar-refractivity contribution in [2.24, 2.45) is 5.73 Å². The summed E-state index contributed by atoms with van der Waals surface area (Å²) in [4.78, 5) is 22.2. The topological polar surface area (TPSA) is 99.2 Å². The van der Waals surface area contributed by atoms with E-state index >= 15 is 0 Å². The summed E-state index contributed by atoms with van der Waals surface area (Å²) in [5, 5.41) is 6.49. The van der Waals surface area contributed by atoms with Crippen LogP contribution in [0.2, 0.25) is 0 Å². The summed E-state index contributed by atoms with van der Waals surface area (Å²) < 4.78 is 19.4. The number of nitrogens with one attached hydrogen (secondary N) is 1. The lowest BCUT2D eigenvalue weighted by atomic mass is 9.99. The molecule has 122 valence electrons. The predicted octanol–water partition coefficient (Wildman–Crippen LogP) is 1.75. The number of primary amides is 1. The van der Waals surface area contributed by atoms with Crippen LogP contribution in [0.25, 0.3) is 0 Å². The SMILES string of the molecule is CNC(=O)c1cnn(C/C(=C/F)CCC(C)(C)OC(N)=O)c1. The maximum atomic E-state index is 13.0. The molecule has 0 aliphatic carbocycles. The number of nitrogens with zero attached hydrogens (tertiary/aromatic N) is 2. The Morgan fingerprint density at radius 1 is 1.55 bits per heavy atom. The van der Waals surface area contributed by atoms with E-state index in [-0.39, 0.29) is 12.5 Å². The third-order valence-electron chi connectivity index (χ3n) is 3.07. The van der Waals surface area contributed by atoms with Gasteiger partial charge in [0.25, 0.3) is 5.91 Å². The average Bonchev–Trinajstić information content (AvgIpc) is 2.89. The Hall–Kier alpha value is -2.38. The highest BCUT2D eigenvalue weighted by atomic mass is 19.1. The molecule has 0 aromatic carbocycles. The zero-order valence-electron chi connectivity index (χ0n) is 12.9. The van der Waals surface area contributed by atoms with Gasteiger partial charge in [-0.15, -0.1) is 0 Å². The number of carbonyl (C=O) groups is 2. The van der Waals surface area contributed by atoms with Gasteiger partial charge < -0.3 is 15.8 Å². The quantitative estimate of drug-likeness (QED) is 0.801. The van der Waals surface area contributed by atoms with E-state index in [1.807, 2.05) is 0 Å². The van der Waals surface area contributed by atoms with Crippen LogP contribution >= 0.6 is 0 Å². The zero-order chi connectivity index (χ0) is 16.8. The van der Waals surface area contributed by atoms with E-state index < -0.39 is 11.7 Å². The standard InChI is InChI=1S/C14H21FN4O3/c1-14(2,22-13(16)21)5-4-10(6-15)8-19-9-11(7-18-19)12(20)17-3/h6-7,9H,4-5,8H2,1-3H3,(H2,16,21)(H,17,20)/b10-6+. The van der Waals surface area contributed by atoms with E-state index in [1.54, 1.807) is 13.8 Å².